The van der Waals surface area contributed by atoms with Crippen molar-refractivity contribution >= 4 is 33.5 Å². The standard InChI is InChI=1S/C16H12N2O6S/c19-13(20)9-18-16(22)14-11(7-4-8-12(14)25(18,23)24)17-15(21)10-5-2-1-3-6-10/h1-8H,9H2,(H,17,21)(H,19,20). The normalized spacial score (nSPS) is 14.9. The van der Waals surface area contributed by atoms with E-state index in [1.165, 1.54) is 18.2 Å². The average molecular weight is 360 g/mol. The quantitative estimate of drug-likeness (QED) is 0.844. The van der Waals surface area contributed by atoms with E-state index >= 15 is 0 Å². The van der Waals surface area contributed by atoms with Crippen LogP contribution < -0.4 is 5.32 Å². The number of hydrogen-bond donors (Lipinski definition) is 2. The lowest BCUT2D eigenvalue weighted by atomic mass is 10.1. The maximum Gasteiger partial charge on any atom is 0.324 e. The molecule has 0 bridgehead atoms. The summed E-state index contributed by atoms with van der Waals surface area (Å²) in [5, 5.41) is 11.3. The number of nitrogens with one attached hydrogen (secondary N) is 1. The Morgan fingerprint density at radius 1 is 1.04 bits per heavy atom. The van der Waals surface area contributed by atoms with Crippen molar-refractivity contribution in [3.05, 3.63) is 59.7 Å². The summed E-state index contributed by atoms with van der Waals surface area (Å²) >= 11 is 0. The molecule has 0 aromatic heterocycles. The van der Waals surface area contributed by atoms with E-state index in [0.29, 0.717) is 5.56 Å². The molecule has 3 rings (SSSR count). The Morgan fingerprint density at radius 3 is 2.36 bits per heavy atom. The summed E-state index contributed by atoms with van der Waals surface area (Å²) in [5.74, 6) is -2.96. The maximum absolute atomic E-state index is 12.4. The maximum atomic E-state index is 12.4. The lowest BCUT2D eigenvalue weighted by molar-refractivity contribution is -0.136. The molecule has 2 N–H and O–H groups in total. The Balaban J connectivity index is 2.02. The molecule has 2 aromatic carbocycles. The highest BCUT2D eigenvalue weighted by atomic mass is 32.2. The molecule has 0 unspecified atom stereocenters. The zero-order valence-corrected chi connectivity index (χ0v) is 13.5. The number of benzene rings is 2. The molecule has 1 heterocycles. The molecule has 0 saturated carbocycles. The summed E-state index contributed by atoms with van der Waals surface area (Å²) in [6.07, 6.45) is 0. The number of rotatable bonds is 4. The van der Waals surface area contributed by atoms with Gasteiger partial charge in [0.1, 0.15) is 11.4 Å². The minimum Gasteiger partial charge on any atom is -0.480 e. The van der Waals surface area contributed by atoms with Gasteiger partial charge in [-0.1, -0.05) is 24.3 Å². The number of hydrogen-bond acceptors (Lipinski definition) is 5. The van der Waals surface area contributed by atoms with Crippen molar-refractivity contribution in [3.8, 4) is 0 Å². The Kier molecular flexibility index (Phi) is 4.01. The van der Waals surface area contributed by atoms with Crippen molar-refractivity contribution in [2.75, 3.05) is 11.9 Å². The number of carbonyl (C=O) groups is 3. The zero-order chi connectivity index (χ0) is 18.2. The van der Waals surface area contributed by atoms with Crippen molar-refractivity contribution in [1.29, 1.82) is 0 Å². The van der Waals surface area contributed by atoms with Crippen LogP contribution in [0.2, 0.25) is 0 Å². The molecule has 9 heteroatoms. The number of anilines is 1. The topological polar surface area (TPSA) is 121 Å². The molecule has 1 aliphatic heterocycles. The lowest BCUT2D eigenvalue weighted by Crippen LogP contribution is -2.35. The number of fused-ring (bicyclic) bond motifs is 1. The zero-order valence-electron chi connectivity index (χ0n) is 12.7. The van der Waals surface area contributed by atoms with Crippen molar-refractivity contribution in [1.82, 2.24) is 4.31 Å². The van der Waals surface area contributed by atoms with Gasteiger partial charge in [-0.15, -0.1) is 0 Å². The summed E-state index contributed by atoms with van der Waals surface area (Å²) in [5.41, 5.74) is 0.0941. The largest absolute Gasteiger partial charge is 0.480 e. The minimum absolute atomic E-state index is 0.00724. The monoisotopic (exact) mass is 360 g/mol. The SMILES string of the molecule is O=C(O)CN1C(=O)c2c(NC(=O)c3ccccc3)cccc2S1(=O)=O. The Bertz CT molecular complexity index is 985. The molecular weight excluding hydrogens is 348 g/mol. The molecule has 0 saturated heterocycles. The van der Waals surface area contributed by atoms with Crippen molar-refractivity contribution in [2.45, 2.75) is 4.90 Å². The summed E-state index contributed by atoms with van der Waals surface area (Å²) in [4.78, 5) is 35.2. The number of nitrogens with zero attached hydrogens (tertiary/aromatic N) is 1. The van der Waals surface area contributed by atoms with Crippen molar-refractivity contribution in [3.63, 3.8) is 0 Å². The van der Waals surface area contributed by atoms with Gasteiger partial charge in [-0.2, -0.15) is 0 Å². The highest BCUT2D eigenvalue weighted by Gasteiger charge is 2.43. The lowest BCUT2D eigenvalue weighted by Gasteiger charge is -2.11. The summed E-state index contributed by atoms with van der Waals surface area (Å²) in [6, 6.07) is 12.1. The first-order valence-electron chi connectivity index (χ1n) is 7.10. The van der Waals surface area contributed by atoms with E-state index in [9.17, 15) is 22.8 Å². The molecule has 2 amide bonds. The van der Waals surface area contributed by atoms with Crippen LogP contribution in [-0.2, 0) is 14.8 Å². The molecule has 0 aliphatic carbocycles. The third kappa shape index (κ3) is 2.85. The first-order valence-corrected chi connectivity index (χ1v) is 8.54. The van der Waals surface area contributed by atoms with Crippen LogP contribution in [-0.4, -0.2) is 42.2 Å². The second-order valence-electron chi connectivity index (χ2n) is 5.21. The summed E-state index contributed by atoms with van der Waals surface area (Å²) in [6.45, 7) is -0.984. The van der Waals surface area contributed by atoms with Gasteiger partial charge in [-0.05, 0) is 24.3 Å². The Labute approximate surface area is 142 Å². The number of aliphatic carboxylic acids is 1. The number of carboxylic acids is 1. The van der Waals surface area contributed by atoms with Gasteiger partial charge in [0.25, 0.3) is 21.8 Å². The van der Waals surface area contributed by atoms with Gasteiger partial charge in [0.05, 0.1) is 11.3 Å². The number of carbonyl (C=O) groups excluding carboxylic acids is 2. The molecule has 128 valence electrons. The Morgan fingerprint density at radius 2 is 1.72 bits per heavy atom. The van der Waals surface area contributed by atoms with Gasteiger partial charge < -0.3 is 10.4 Å². The fourth-order valence-electron chi connectivity index (χ4n) is 2.49. The molecule has 0 spiro atoms. The van der Waals surface area contributed by atoms with E-state index < -0.39 is 34.4 Å². The molecule has 0 fully saturated rings. The molecule has 1 aliphatic rings. The molecule has 2 aromatic rings. The smallest absolute Gasteiger partial charge is 0.324 e. The van der Waals surface area contributed by atoms with E-state index in [1.54, 1.807) is 30.3 Å². The van der Waals surface area contributed by atoms with Gasteiger partial charge in [-0.3, -0.25) is 14.4 Å². The van der Waals surface area contributed by atoms with E-state index in [4.69, 9.17) is 5.11 Å². The van der Waals surface area contributed by atoms with Crippen LogP contribution in [0.1, 0.15) is 20.7 Å². The van der Waals surface area contributed by atoms with E-state index in [2.05, 4.69) is 5.32 Å². The predicted octanol–water partition coefficient (Wildman–Crippen LogP) is 1.17. The second kappa shape index (κ2) is 6.02. The van der Waals surface area contributed by atoms with Crippen LogP contribution in [0.3, 0.4) is 0 Å². The van der Waals surface area contributed by atoms with Gasteiger partial charge >= 0.3 is 5.97 Å². The molecular formula is C16H12N2O6S. The van der Waals surface area contributed by atoms with Crippen LogP contribution >= 0.6 is 0 Å². The van der Waals surface area contributed by atoms with Gasteiger partial charge in [0, 0.05) is 5.56 Å². The van der Waals surface area contributed by atoms with E-state index in [-0.39, 0.29) is 20.5 Å². The summed E-state index contributed by atoms with van der Waals surface area (Å²) in [7, 11) is -4.26. The molecule has 8 nitrogen and oxygen atoms in total. The molecule has 0 radical (unpaired) electrons. The van der Waals surface area contributed by atoms with Gasteiger partial charge in [-0.25, -0.2) is 12.7 Å². The minimum atomic E-state index is -4.26. The van der Waals surface area contributed by atoms with Crippen molar-refractivity contribution in [2.24, 2.45) is 0 Å². The second-order valence-corrected chi connectivity index (χ2v) is 7.04. The van der Waals surface area contributed by atoms with Gasteiger partial charge in [0.15, 0.2) is 0 Å². The number of amides is 2. The van der Waals surface area contributed by atoms with Crippen LogP contribution in [0.5, 0.6) is 0 Å². The third-order valence-electron chi connectivity index (χ3n) is 3.60. The fourth-order valence-corrected chi connectivity index (χ4v) is 4.02. The molecule has 0 atom stereocenters. The van der Waals surface area contributed by atoms with Crippen LogP contribution in [0.4, 0.5) is 5.69 Å². The number of sulfonamides is 1. The summed E-state index contributed by atoms with van der Waals surface area (Å²) < 4.78 is 25.0. The number of carboxylic acid groups (broad SMARTS) is 1. The predicted molar refractivity (Wildman–Crippen MR) is 86.7 cm³/mol. The molecule has 25 heavy (non-hydrogen) atoms. The van der Waals surface area contributed by atoms with Crippen LogP contribution in [0.15, 0.2) is 53.4 Å². The highest BCUT2D eigenvalue weighted by molar-refractivity contribution is 7.90. The highest BCUT2D eigenvalue weighted by Crippen LogP contribution is 2.35. The average Bonchev–Trinajstić information content (AvgIpc) is 2.77. The third-order valence-corrected chi connectivity index (χ3v) is 5.37. The van der Waals surface area contributed by atoms with Crippen molar-refractivity contribution < 1.29 is 27.9 Å². The first-order chi connectivity index (χ1) is 11.8. The first kappa shape index (κ1) is 16.7. The van der Waals surface area contributed by atoms with E-state index in [1.807, 2.05) is 0 Å². The Hall–Kier alpha value is -3.20. The van der Waals surface area contributed by atoms with Crippen LogP contribution in [0.25, 0.3) is 0 Å². The van der Waals surface area contributed by atoms with Gasteiger partial charge in [0.2, 0.25) is 0 Å². The fraction of sp³-hybridized carbons (Fsp3) is 0.0625. The van der Waals surface area contributed by atoms with Crippen LogP contribution in [0, 0.1) is 0 Å². The van der Waals surface area contributed by atoms with E-state index in [0.717, 1.165) is 0 Å².